The highest BCUT2D eigenvalue weighted by atomic mass is 35.5. The van der Waals surface area contributed by atoms with Crippen molar-refractivity contribution in [2.24, 2.45) is 0 Å². The molecule has 0 unspecified atom stereocenters. The van der Waals surface area contributed by atoms with Gasteiger partial charge in [0.25, 0.3) is 0 Å². The van der Waals surface area contributed by atoms with E-state index in [1.54, 1.807) is 24.3 Å². The Morgan fingerprint density at radius 1 is 0.842 bits per heavy atom. The van der Waals surface area contributed by atoms with Crippen LogP contribution in [0.1, 0.15) is 11.1 Å². The summed E-state index contributed by atoms with van der Waals surface area (Å²) in [5.74, 6) is 0.0198. The highest BCUT2D eigenvalue weighted by Gasteiger charge is 2.14. The number of phenols is 2. The maximum Gasteiger partial charge on any atom is 0.123 e. The zero-order valence-corrected chi connectivity index (χ0v) is 11.8. The second kappa shape index (κ2) is 5.74. The summed E-state index contributed by atoms with van der Waals surface area (Å²) >= 11 is 17.6. The fourth-order valence-corrected chi connectivity index (χ4v) is 2.29. The molecule has 0 heterocycles. The maximum absolute atomic E-state index is 9.89. The molecule has 98 valence electrons. The lowest BCUT2D eigenvalue weighted by atomic mass is 9.98. The first kappa shape index (κ1) is 14.1. The molecule has 0 amide bonds. The standard InChI is InChI=1S/C14H9Cl3O2/c15-7-12(10-5-8(16)1-3-13(10)18)11-6-9(17)2-4-14(11)19/h1-7,18-19H. The van der Waals surface area contributed by atoms with Gasteiger partial charge in [0.2, 0.25) is 0 Å². The molecule has 2 aromatic carbocycles. The van der Waals surface area contributed by atoms with Gasteiger partial charge in [-0.1, -0.05) is 34.8 Å². The Hall–Kier alpha value is -1.35. The third-order valence-electron chi connectivity index (χ3n) is 2.61. The van der Waals surface area contributed by atoms with Gasteiger partial charge in [-0.25, -0.2) is 0 Å². The predicted octanol–water partition coefficient (Wildman–Crippen LogP) is 5.03. The molecule has 2 aromatic rings. The summed E-state index contributed by atoms with van der Waals surface area (Å²) in [6.07, 6.45) is 0. The van der Waals surface area contributed by atoms with Gasteiger partial charge in [0.15, 0.2) is 0 Å². The van der Waals surface area contributed by atoms with Crippen LogP contribution < -0.4 is 0 Å². The molecule has 0 atom stereocenters. The van der Waals surface area contributed by atoms with E-state index in [1.807, 2.05) is 0 Å². The number of aromatic hydroxyl groups is 2. The first-order chi connectivity index (χ1) is 9.02. The first-order valence-electron chi connectivity index (χ1n) is 5.31. The molecule has 2 rings (SSSR count). The van der Waals surface area contributed by atoms with Gasteiger partial charge < -0.3 is 10.2 Å². The third kappa shape index (κ3) is 2.98. The topological polar surface area (TPSA) is 40.5 Å². The van der Waals surface area contributed by atoms with Crippen LogP contribution in [0.15, 0.2) is 41.9 Å². The van der Waals surface area contributed by atoms with Crippen LogP contribution in [0.3, 0.4) is 0 Å². The Balaban J connectivity index is 2.63. The number of halogens is 3. The van der Waals surface area contributed by atoms with E-state index < -0.39 is 0 Å². The first-order valence-corrected chi connectivity index (χ1v) is 6.50. The normalized spacial score (nSPS) is 10.3. The van der Waals surface area contributed by atoms with E-state index in [0.29, 0.717) is 26.7 Å². The van der Waals surface area contributed by atoms with Crippen molar-refractivity contribution in [3.05, 3.63) is 63.1 Å². The summed E-state index contributed by atoms with van der Waals surface area (Å²) in [5.41, 5.74) is 2.53. The van der Waals surface area contributed by atoms with Crippen molar-refractivity contribution in [2.45, 2.75) is 0 Å². The fraction of sp³-hybridized carbons (Fsp3) is 0. The minimum atomic E-state index is 0.00988. The quantitative estimate of drug-likeness (QED) is 0.815. The van der Waals surface area contributed by atoms with Crippen molar-refractivity contribution >= 4 is 40.4 Å². The maximum atomic E-state index is 9.89. The summed E-state index contributed by atoms with van der Waals surface area (Å²) < 4.78 is 0. The van der Waals surface area contributed by atoms with E-state index >= 15 is 0 Å². The second-order valence-corrected chi connectivity index (χ2v) is 4.94. The molecule has 0 spiro atoms. The average Bonchev–Trinajstić information content (AvgIpc) is 2.38. The molecule has 0 aliphatic heterocycles. The van der Waals surface area contributed by atoms with E-state index in [0.717, 1.165) is 0 Å². The van der Waals surface area contributed by atoms with Crippen LogP contribution in [0.2, 0.25) is 10.0 Å². The van der Waals surface area contributed by atoms with Crippen molar-refractivity contribution in [3.63, 3.8) is 0 Å². The minimum absolute atomic E-state index is 0.00988. The minimum Gasteiger partial charge on any atom is -0.507 e. The lowest BCUT2D eigenvalue weighted by molar-refractivity contribution is 0.471. The van der Waals surface area contributed by atoms with E-state index in [4.69, 9.17) is 34.8 Å². The Labute approximate surface area is 125 Å². The molecule has 2 nitrogen and oxygen atoms in total. The number of phenolic OH excluding ortho intramolecular Hbond substituents is 2. The summed E-state index contributed by atoms with van der Waals surface area (Å²) in [6, 6.07) is 9.16. The molecule has 0 radical (unpaired) electrons. The molecule has 0 fully saturated rings. The number of hydrogen-bond donors (Lipinski definition) is 2. The van der Waals surface area contributed by atoms with Gasteiger partial charge in [-0.2, -0.15) is 0 Å². The molecule has 0 aromatic heterocycles. The molecule has 0 saturated carbocycles. The van der Waals surface area contributed by atoms with Crippen molar-refractivity contribution in [2.75, 3.05) is 0 Å². The molecule has 2 N–H and O–H groups in total. The summed E-state index contributed by atoms with van der Waals surface area (Å²) in [7, 11) is 0. The van der Waals surface area contributed by atoms with Crippen molar-refractivity contribution in [3.8, 4) is 11.5 Å². The van der Waals surface area contributed by atoms with E-state index in [9.17, 15) is 10.2 Å². The fourth-order valence-electron chi connectivity index (χ4n) is 1.71. The lowest BCUT2D eigenvalue weighted by Gasteiger charge is -2.11. The van der Waals surface area contributed by atoms with E-state index in [1.165, 1.54) is 17.7 Å². The van der Waals surface area contributed by atoms with Gasteiger partial charge in [-0.15, -0.1) is 0 Å². The van der Waals surface area contributed by atoms with Crippen molar-refractivity contribution < 1.29 is 10.2 Å². The second-order valence-electron chi connectivity index (χ2n) is 3.85. The van der Waals surface area contributed by atoms with Crippen LogP contribution in [0.4, 0.5) is 0 Å². The van der Waals surface area contributed by atoms with Crippen LogP contribution in [-0.2, 0) is 0 Å². The number of benzene rings is 2. The lowest BCUT2D eigenvalue weighted by Crippen LogP contribution is -1.89. The van der Waals surface area contributed by atoms with Crippen LogP contribution in [0, 0.1) is 0 Å². The zero-order valence-electron chi connectivity index (χ0n) is 9.57. The molecular weight excluding hydrogens is 307 g/mol. The highest BCUT2D eigenvalue weighted by molar-refractivity contribution is 6.32. The molecule has 0 bridgehead atoms. The summed E-state index contributed by atoms with van der Waals surface area (Å²) in [6.45, 7) is 0. The van der Waals surface area contributed by atoms with Gasteiger partial charge in [0, 0.05) is 32.3 Å². The van der Waals surface area contributed by atoms with Gasteiger partial charge in [0.1, 0.15) is 11.5 Å². The van der Waals surface area contributed by atoms with Gasteiger partial charge in [-0.3, -0.25) is 0 Å². The highest BCUT2D eigenvalue weighted by Crippen LogP contribution is 2.37. The Morgan fingerprint density at radius 3 is 1.63 bits per heavy atom. The third-order valence-corrected chi connectivity index (χ3v) is 3.30. The summed E-state index contributed by atoms with van der Waals surface area (Å²) in [4.78, 5) is 0. The van der Waals surface area contributed by atoms with Crippen LogP contribution >= 0.6 is 34.8 Å². The molecule has 19 heavy (non-hydrogen) atoms. The van der Waals surface area contributed by atoms with E-state index in [2.05, 4.69) is 0 Å². The monoisotopic (exact) mass is 314 g/mol. The average molecular weight is 316 g/mol. The van der Waals surface area contributed by atoms with Gasteiger partial charge in [-0.05, 0) is 36.4 Å². The van der Waals surface area contributed by atoms with Crippen LogP contribution in [0.5, 0.6) is 11.5 Å². The molecular formula is C14H9Cl3O2. The number of hydrogen-bond acceptors (Lipinski definition) is 2. The Morgan fingerprint density at radius 2 is 1.26 bits per heavy atom. The van der Waals surface area contributed by atoms with Crippen LogP contribution in [0.25, 0.3) is 5.57 Å². The van der Waals surface area contributed by atoms with Gasteiger partial charge in [0.05, 0.1) is 0 Å². The van der Waals surface area contributed by atoms with Crippen LogP contribution in [-0.4, -0.2) is 10.2 Å². The Bertz CT molecular complexity index is 598. The van der Waals surface area contributed by atoms with Crippen molar-refractivity contribution in [1.82, 2.24) is 0 Å². The smallest absolute Gasteiger partial charge is 0.123 e. The zero-order chi connectivity index (χ0) is 14.0. The molecule has 5 heteroatoms. The number of rotatable bonds is 2. The molecule has 0 saturated heterocycles. The van der Waals surface area contributed by atoms with Gasteiger partial charge >= 0.3 is 0 Å². The SMILES string of the molecule is Oc1ccc(Cl)cc1C(=CCl)c1cc(Cl)ccc1O. The van der Waals surface area contributed by atoms with Crippen molar-refractivity contribution in [1.29, 1.82) is 0 Å². The molecule has 0 aliphatic rings. The molecule has 0 aliphatic carbocycles. The summed E-state index contributed by atoms with van der Waals surface area (Å²) in [5, 5.41) is 20.7. The van der Waals surface area contributed by atoms with E-state index in [-0.39, 0.29) is 11.5 Å². The largest absolute Gasteiger partial charge is 0.507 e. The Kier molecular flexibility index (Phi) is 4.25. The predicted molar refractivity (Wildman–Crippen MR) is 79.2 cm³/mol.